The predicted octanol–water partition coefficient (Wildman–Crippen LogP) is 2.77. The van der Waals surface area contributed by atoms with Crippen molar-refractivity contribution in [3.8, 4) is 22.6 Å². The Kier molecular flexibility index (Phi) is 7.62. The van der Waals surface area contributed by atoms with Crippen LogP contribution in [0.15, 0.2) is 36.5 Å². The van der Waals surface area contributed by atoms with Crippen LogP contribution in [0.3, 0.4) is 0 Å². The topological polar surface area (TPSA) is 145 Å². The first kappa shape index (κ1) is 25.9. The van der Waals surface area contributed by atoms with Gasteiger partial charge in [-0.05, 0) is 56.7 Å². The molecule has 1 aliphatic heterocycles. The summed E-state index contributed by atoms with van der Waals surface area (Å²) >= 11 is 0. The normalized spacial score (nSPS) is 15.5. The number of hydrogen-bond acceptors (Lipinski definition) is 9. The molecule has 1 saturated heterocycles. The molecule has 1 aliphatic rings. The van der Waals surface area contributed by atoms with Crippen molar-refractivity contribution in [3.05, 3.63) is 42.3 Å². The number of alkyl carbamates (subject to hydrolysis) is 1. The number of amides is 2. The van der Waals surface area contributed by atoms with Crippen LogP contribution < -0.4 is 10.2 Å². The van der Waals surface area contributed by atoms with Gasteiger partial charge in [-0.2, -0.15) is 4.80 Å². The molecule has 12 nitrogen and oxygen atoms in total. The molecule has 2 aromatic heterocycles. The van der Waals surface area contributed by atoms with E-state index in [0.29, 0.717) is 47.8 Å². The number of carbonyl (C=O) groups is 2. The average Bonchev–Trinajstić information content (AvgIpc) is 3.47. The molecule has 2 amide bonds. The highest BCUT2D eigenvalue weighted by Gasteiger charge is 2.32. The maximum atomic E-state index is 14.9. The van der Waals surface area contributed by atoms with Gasteiger partial charge in [-0.3, -0.25) is 9.88 Å². The van der Waals surface area contributed by atoms with E-state index in [9.17, 15) is 19.1 Å². The predicted molar refractivity (Wildman–Crippen MR) is 130 cm³/mol. The van der Waals surface area contributed by atoms with Gasteiger partial charge in [0.25, 0.3) is 0 Å². The highest BCUT2D eigenvalue weighted by Crippen LogP contribution is 2.29. The average molecular weight is 514 g/mol. The number of pyridine rings is 1. The van der Waals surface area contributed by atoms with Gasteiger partial charge in [-0.25, -0.2) is 14.0 Å². The Hall–Kier alpha value is -4.13. The molecule has 0 bridgehead atoms. The minimum atomic E-state index is -0.632. The van der Waals surface area contributed by atoms with Crippen molar-refractivity contribution in [3.63, 3.8) is 0 Å². The molecule has 37 heavy (non-hydrogen) atoms. The highest BCUT2D eigenvalue weighted by atomic mass is 19.1. The number of cyclic esters (lactones) is 1. The smallest absolute Gasteiger partial charge is 0.414 e. The highest BCUT2D eigenvalue weighted by molar-refractivity contribution is 5.90. The van der Waals surface area contributed by atoms with Gasteiger partial charge in [0.15, 0.2) is 0 Å². The number of aliphatic hydroxyl groups excluding tert-OH is 1. The van der Waals surface area contributed by atoms with E-state index in [1.54, 1.807) is 45.0 Å². The molecule has 3 heterocycles. The summed E-state index contributed by atoms with van der Waals surface area (Å²) in [5, 5.41) is 24.2. The minimum absolute atomic E-state index is 0.151. The van der Waals surface area contributed by atoms with Crippen LogP contribution in [0, 0.1) is 5.82 Å². The summed E-state index contributed by atoms with van der Waals surface area (Å²) in [5.41, 5.74) is 1.09. The number of anilines is 1. The van der Waals surface area contributed by atoms with E-state index in [-0.39, 0.29) is 13.2 Å². The molecule has 0 saturated carbocycles. The van der Waals surface area contributed by atoms with Gasteiger partial charge in [0.05, 0.1) is 25.4 Å². The third kappa shape index (κ3) is 6.55. The van der Waals surface area contributed by atoms with Crippen molar-refractivity contribution in [1.29, 1.82) is 0 Å². The van der Waals surface area contributed by atoms with Crippen LogP contribution in [0.25, 0.3) is 22.6 Å². The second-order valence-corrected chi connectivity index (χ2v) is 9.39. The standard InChI is InChI=1S/C24H28FN7O5/c1-24(2,3)37-22(34)26-9-4-10-32-29-21(28-30-32)20-8-5-15(12-27-20)18-7-6-16(11-19(18)25)31-13-17(14-33)36-23(31)35/h5-8,11-12,17,33H,4,9-10,13-14H2,1-3H3,(H,26,34)/t17-/m1/s1. The molecule has 2 N–H and O–H groups in total. The van der Waals surface area contributed by atoms with Gasteiger partial charge in [-0.1, -0.05) is 6.07 Å². The van der Waals surface area contributed by atoms with Crippen LogP contribution >= 0.6 is 0 Å². The molecule has 4 rings (SSSR count). The maximum absolute atomic E-state index is 14.9. The Morgan fingerprint density at radius 1 is 1.30 bits per heavy atom. The number of tetrazole rings is 1. The van der Waals surface area contributed by atoms with Crippen LogP contribution in [0.1, 0.15) is 27.2 Å². The van der Waals surface area contributed by atoms with Crippen LogP contribution in [0.2, 0.25) is 0 Å². The minimum Gasteiger partial charge on any atom is -0.444 e. The number of nitrogens with one attached hydrogen (secondary N) is 1. The van der Waals surface area contributed by atoms with E-state index in [1.165, 1.54) is 22.0 Å². The number of hydrogen-bond donors (Lipinski definition) is 2. The number of aromatic nitrogens is 5. The molecule has 196 valence electrons. The van der Waals surface area contributed by atoms with E-state index in [2.05, 4.69) is 25.7 Å². The van der Waals surface area contributed by atoms with E-state index < -0.39 is 29.7 Å². The van der Waals surface area contributed by atoms with Crippen molar-refractivity contribution in [1.82, 2.24) is 30.5 Å². The van der Waals surface area contributed by atoms with Crippen LogP contribution in [0.5, 0.6) is 0 Å². The summed E-state index contributed by atoms with van der Waals surface area (Å²) in [5.74, 6) is -0.218. The quantitative estimate of drug-likeness (QED) is 0.434. The summed E-state index contributed by atoms with van der Waals surface area (Å²) in [6, 6.07) is 7.77. The number of carbonyl (C=O) groups excluding carboxylic acids is 2. The Bertz CT molecular complexity index is 1260. The summed E-state index contributed by atoms with van der Waals surface area (Å²) < 4.78 is 25.1. The molecule has 0 aliphatic carbocycles. The number of halogens is 1. The zero-order valence-electron chi connectivity index (χ0n) is 20.7. The Morgan fingerprint density at radius 2 is 2.11 bits per heavy atom. The number of benzene rings is 1. The largest absolute Gasteiger partial charge is 0.444 e. The number of aliphatic hydroxyl groups is 1. The van der Waals surface area contributed by atoms with Crippen molar-refractivity contribution >= 4 is 17.9 Å². The van der Waals surface area contributed by atoms with E-state index in [1.807, 2.05) is 0 Å². The molecular formula is C24H28FN7O5. The SMILES string of the molecule is CC(C)(C)OC(=O)NCCCn1nnc(-c2ccc(-c3ccc(N4C[C@H](CO)OC4=O)cc3F)cn2)n1. The molecular weight excluding hydrogens is 485 g/mol. The van der Waals surface area contributed by atoms with E-state index >= 15 is 0 Å². The fraction of sp³-hybridized carbons (Fsp3) is 0.417. The molecule has 3 aromatic rings. The van der Waals surface area contributed by atoms with E-state index in [4.69, 9.17) is 9.47 Å². The zero-order chi connectivity index (χ0) is 26.6. The van der Waals surface area contributed by atoms with Gasteiger partial charge in [0.2, 0.25) is 5.82 Å². The van der Waals surface area contributed by atoms with E-state index in [0.717, 1.165) is 0 Å². The van der Waals surface area contributed by atoms with Crippen molar-refractivity contribution in [2.45, 2.75) is 45.4 Å². The first-order chi connectivity index (χ1) is 17.6. The lowest BCUT2D eigenvalue weighted by molar-refractivity contribution is 0.0526. The zero-order valence-corrected chi connectivity index (χ0v) is 20.7. The van der Waals surface area contributed by atoms with Crippen molar-refractivity contribution < 1.29 is 28.6 Å². The van der Waals surface area contributed by atoms with Crippen molar-refractivity contribution in [2.75, 3.05) is 24.6 Å². The number of rotatable bonds is 8. The van der Waals surface area contributed by atoms with Gasteiger partial charge < -0.3 is 19.9 Å². The lowest BCUT2D eigenvalue weighted by Crippen LogP contribution is -2.33. The van der Waals surface area contributed by atoms with Crippen LogP contribution in [0.4, 0.5) is 19.7 Å². The van der Waals surface area contributed by atoms with Gasteiger partial charge >= 0.3 is 12.2 Å². The van der Waals surface area contributed by atoms with Gasteiger partial charge in [0.1, 0.15) is 23.2 Å². The summed E-state index contributed by atoms with van der Waals surface area (Å²) in [6.45, 7) is 6.06. The second-order valence-electron chi connectivity index (χ2n) is 9.39. The first-order valence-corrected chi connectivity index (χ1v) is 11.7. The van der Waals surface area contributed by atoms with Gasteiger partial charge in [0, 0.05) is 23.9 Å². The lowest BCUT2D eigenvalue weighted by atomic mass is 10.1. The van der Waals surface area contributed by atoms with Crippen molar-refractivity contribution in [2.24, 2.45) is 0 Å². The second kappa shape index (κ2) is 10.9. The van der Waals surface area contributed by atoms with Crippen LogP contribution in [-0.2, 0) is 16.0 Å². The first-order valence-electron chi connectivity index (χ1n) is 11.7. The fourth-order valence-electron chi connectivity index (χ4n) is 3.58. The number of aryl methyl sites for hydroxylation is 1. The van der Waals surface area contributed by atoms with Gasteiger partial charge in [-0.15, -0.1) is 10.2 Å². The summed E-state index contributed by atoms with van der Waals surface area (Å²) in [7, 11) is 0. The third-order valence-electron chi connectivity index (χ3n) is 5.30. The monoisotopic (exact) mass is 513 g/mol. The molecule has 13 heteroatoms. The van der Waals surface area contributed by atoms with Crippen LogP contribution in [-0.4, -0.2) is 73.9 Å². The molecule has 1 atom stereocenters. The fourth-order valence-corrected chi connectivity index (χ4v) is 3.58. The molecule has 1 fully saturated rings. The molecule has 0 unspecified atom stereocenters. The Morgan fingerprint density at radius 3 is 2.76 bits per heavy atom. The molecule has 0 radical (unpaired) electrons. The lowest BCUT2D eigenvalue weighted by Gasteiger charge is -2.19. The summed E-state index contributed by atoms with van der Waals surface area (Å²) in [4.78, 5) is 30.6. The number of nitrogens with zero attached hydrogens (tertiary/aromatic N) is 6. The summed E-state index contributed by atoms with van der Waals surface area (Å²) in [6.07, 6.45) is 0.339. The Labute approximate surface area is 212 Å². The third-order valence-corrected chi connectivity index (χ3v) is 5.30. The molecule has 0 spiro atoms. The Balaban J connectivity index is 1.34. The number of ether oxygens (including phenoxy) is 2. The molecule has 1 aromatic carbocycles. The maximum Gasteiger partial charge on any atom is 0.414 e.